The van der Waals surface area contributed by atoms with Crippen LogP contribution in [-0.2, 0) is 6.42 Å². The molecule has 2 rings (SSSR count). The minimum atomic E-state index is -0.314. The number of pyridine rings is 1. The molecule has 22 heavy (non-hydrogen) atoms. The molecule has 5 nitrogen and oxygen atoms in total. The number of aromatic amines is 1. The molecule has 0 saturated carbocycles. The van der Waals surface area contributed by atoms with Crippen molar-refractivity contribution in [2.24, 2.45) is 0 Å². The van der Waals surface area contributed by atoms with Gasteiger partial charge in [-0.3, -0.25) is 14.9 Å². The molecular formula is C16H18N2O3S. The molecule has 0 fully saturated rings. The predicted octanol–water partition coefficient (Wildman–Crippen LogP) is 3.92. The Morgan fingerprint density at radius 2 is 1.91 bits per heavy atom. The number of nitrogens with one attached hydrogen (secondary N) is 1. The summed E-state index contributed by atoms with van der Waals surface area (Å²) < 4.78 is 0. The number of benzene rings is 1. The summed E-state index contributed by atoms with van der Waals surface area (Å²) in [5.74, 6) is 0. The number of nitro benzene ring substituents is 1. The van der Waals surface area contributed by atoms with Gasteiger partial charge in [0.15, 0.2) is 0 Å². The van der Waals surface area contributed by atoms with Gasteiger partial charge in [0.2, 0.25) is 5.56 Å². The standard InChI is InChI=1S/C16H18N2O3S/c1-5-13-9(2)15(18(20)21)11(4)16(10(13)3)22-12-6-7-17-14(19)8-12/h6-8H,5H2,1-4H3,(H,17,19). The van der Waals surface area contributed by atoms with Gasteiger partial charge in [-0.15, -0.1) is 0 Å². The average Bonchev–Trinajstić information content (AvgIpc) is 2.44. The molecule has 0 radical (unpaired) electrons. The van der Waals surface area contributed by atoms with Gasteiger partial charge in [-0.25, -0.2) is 0 Å². The highest BCUT2D eigenvalue weighted by molar-refractivity contribution is 7.99. The van der Waals surface area contributed by atoms with Crippen molar-refractivity contribution >= 4 is 17.4 Å². The Morgan fingerprint density at radius 3 is 2.45 bits per heavy atom. The van der Waals surface area contributed by atoms with Gasteiger partial charge in [0, 0.05) is 33.2 Å². The summed E-state index contributed by atoms with van der Waals surface area (Å²) in [4.78, 5) is 26.7. The molecular weight excluding hydrogens is 300 g/mol. The first-order chi connectivity index (χ1) is 10.4. The molecule has 0 spiro atoms. The lowest BCUT2D eigenvalue weighted by Crippen LogP contribution is -2.05. The highest BCUT2D eigenvalue weighted by atomic mass is 32.2. The monoisotopic (exact) mass is 318 g/mol. The number of hydrogen-bond donors (Lipinski definition) is 1. The van der Waals surface area contributed by atoms with Crippen LogP contribution in [0.2, 0.25) is 0 Å². The quantitative estimate of drug-likeness (QED) is 0.684. The van der Waals surface area contributed by atoms with Crippen molar-refractivity contribution in [1.29, 1.82) is 0 Å². The molecule has 1 aromatic carbocycles. The van der Waals surface area contributed by atoms with Gasteiger partial charge in [0.1, 0.15) is 0 Å². The Bertz CT molecular complexity index is 797. The van der Waals surface area contributed by atoms with Crippen molar-refractivity contribution in [1.82, 2.24) is 4.98 Å². The fraction of sp³-hybridized carbons (Fsp3) is 0.312. The molecule has 0 aliphatic heterocycles. The number of aromatic nitrogens is 1. The minimum Gasteiger partial charge on any atom is -0.329 e. The van der Waals surface area contributed by atoms with E-state index in [1.54, 1.807) is 26.1 Å². The molecule has 0 unspecified atom stereocenters. The average molecular weight is 318 g/mol. The molecule has 6 heteroatoms. The fourth-order valence-corrected chi connectivity index (χ4v) is 3.86. The van der Waals surface area contributed by atoms with Crippen LogP contribution in [-0.4, -0.2) is 9.91 Å². The third-order valence-electron chi connectivity index (χ3n) is 3.80. The van der Waals surface area contributed by atoms with E-state index in [4.69, 9.17) is 0 Å². The van der Waals surface area contributed by atoms with E-state index in [0.717, 1.165) is 32.9 Å². The summed E-state index contributed by atoms with van der Waals surface area (Å²) in [6.45, 7) is 7.56. The van der Waals surface area contributed by atoms with Crippen LogP contribution in [0, 0.1) is 30.9 Å². The van der Waals surface area contributed by atoms with Crippen LogP contribution in [0.1, 0.15) is 29.2 Å². The zero-order chi connectivity index (χ0) is 16.4. The van der Waals surface area contributed by atoms with Crippen molar-refractivity contribution in [2.75, 3.05) is 0 Å². The molecule has 1 aromatic heterocycles. The van der Waals surface area contributed by atoms with Crippen LogP contribution in [0.3, 0.4) is 0 Å². The first-order valence-electron chi connectivity index (χ1n) is 7.00. The zero-order valence-corrected chi connectivity index (χ0v) is 13.8. The summed E-state index contributed by atoms with van der Waals surface area (Å²) in [5, 5.41) is 11.4. The van der Waals surface area contributed by atoms with Gasteiger partial charge in [0.25, 0.3) is 5.69 Å². The number of rotatable bonds is 4. The number of H-pyrrole nitrogens is 1. The van der Waals surface area contributed by atoms with Crippen LogP contribution in [0.5, 0.6) is 0 Å². The zero-order valence-electron chi connectivity index (χ0n) is 13.0. The Labute approximate surface area is 132 Å². The topological polar surface area (TPSA) is 76.0 Å². The third-order valence-corrected chi connectivity index (χ3v) is 5.11. The minimum absolute atomic E-state index is 0.176. The lowest BCUT2D eigenvalue weighted by atomic mass is 9.95. The molecule has 0 atom stereocenters. The van der Waals surface area contributed by atoms with Crippen LogP contribution < -0.4 is 5.56 Å². The maximum atomic E-state index is 11.4. The Hall–Kier alpha value is -2.08. The van der Waals surface area contributed by atoms with Gasteiger partial charge >= 0.3 is 0 Å². The van der Waals surface area contributed by atoms with Crippen LogP contribution in [0.4, 0.5) is 5.69 Å². The van der Waals surface area contributed by atoms with Crippen molar-refractivity contribution in [3.05, 3.63) is 61.1 Å². The summed E-state index contributed by atoms with van der Waals surface area (Å²) in [6, 6.07) is 3.29. The van der Waals surface area contributed by atoms with Gasteiger partial charge in [-0.05, 0) is 44.4 Å². The highest BCUT2D eigenvalue weighted by Crippen LogP contribution is 2.40. The summed E-state index contributed by atoms with van der Waals surface area (Å²) in [5.41, 5.74) is 3.44. The second-order valence-corrected chi connectivity index (χ2v) is 6.22. The Balaban J connectivity index is 2.67. The first-order valence-corrected chi connectivity index (χ1v) is 7.82. The summed E-state index contributed by atoms with van der Waals surface area (Å²) >= 11 is 1.40. The largest absolute Gasteiger partial charge is 0.329 e. The van der Waals surface area contributed by atoms with E-state index in [2.05, 4.69) is 4.98 Å². The van der Waals surface area contributed by atoms with Crippen molar-refractivity contribution < 1.29 is 4.92 Å². The summed E-state index contributed by atoms with van der Waals surface area (Å²) in [7, 11) is 0. The predicted molar refractivity (Wildman–Crippen MR) is 87.9 cm³/mol. The summed E-state index contributed by atoms with van der Waals surface area (Å²) in [6.07, 6.45) is 2.32. The van der Waals surface area contributed by atoms with Crippen LogP contribution in [0.25, 0.3) is 0 Å². The normalized spacial score (nSPS) is 10.7. The Morgan fingerprint density at radius 1 is 1.23 bits per heavy atom. The van der Waals surface area contributed by atoms with Crippen LogP contribution in [0.15, 0.2) is 32.9 Å². The molecule has 1 heterocycles. The molecule has 0 bridgehead atoms. The van der Waals surface area contributed by atoms with E-state index in [1.807, 2.05) is 13.8 Å². The van der Waals surface area contributed by atoms with Crippen molar-refractivity contribution in [2.45, 2.75) is 43.9 Å². The smallest absolute Gasteiger partial charge is 0.276 e. The molecule has 1 N–H and O–H groups in total. The SMILES string of the molecule is CCc1c(C)c(Sc2cc[nH]c(=O)c2)c(C)c([N+](=O)[O-])c1C. The van der Waals surface area contributed by atoms with Gasteiger partial charge in [0.05, 0.1) is 4.92 Å². The van der Waals surface area contributed by atoms with E-state index in [-0.39, 0.29) is 16.2 Å². The molecule has 0 saturated heterocycles. The Kier molecular flexibility index (Phi) is 4.71. The molecule has 0 aliphatic rings. The van der Waals surface area contributed by atoms with Gasteiger partial charge in [-0.2, -0.15) is 0 Å². The molecule has 0 aliphatic carbocycles. The lowest BCUT2D eigenvalue weighted by molar-refractivity contribution is -0.386. The molecule has 0 amide bonds. The highest BCUT2D eigenvalue weighted by Gasteiger charge is 2.24. The lowest BCUT2D eigenvalue weighted by Gasteiger charge is -2.16. The van der Waals surface area contributed by atoms with E-state index in [0.29, 0.717) is 5.56 Å². The van der Waals surface area contributed by atoms with Crippen molar-refractivity contribution in [3.8, 4) is 0 Å². The van der Waals surface area contributed by atoms with E-state index < -0.39 is 0 Å². The number of nitro groups is 1. The number of hydrogen-bond acceptors (Lipinski definition) is 4. The number of nitrogens with zero attached hydrogens (tertiary/aromatic N) is 1. The van der Waals surface area contributed by atoms with Crippen LogP contribution >= 0.6 is 11.8 Å². The van der Waals surface area contributed by atoms with E-state index >= 15 is 0 Å². The molecule has 116 valence electrons. The molecule has 2 aromatic rings. The second-order valence-electron chi connectivity index (χ2n) is 5.13. The maximum Gasteiger partial charge on any atom is 0.276 e. The fourth-order valence-electron chi connectivity index (χ4n) is 2.79. The van der Waals surface area contributed by atoms with Crippen molar-refractivity contribution in [3.63, 3.8) is 0 Å². The van der Waals surface area contributed by atoms with E-state index in [1.165, 1.54) is 17.8 Å². The first kappa shape index (κ1) is 16.3. The van der Waals surface area contributed by atoms with Gasteiger partial charge in [-0.1, -0.05) is 18.7 Å². The van der Waals surface area contributed by atoms with E-state index in [9.17, 15) is 14.9 Å². The third kappa shape index (κ3) is 2.92. The maximum absolute atomic E-state index is 11.4. The van der Waals surface area contributed by atoms with Gasteiger partial charge < -0.3 is 4.98 Å². The second kappa shape index (κ2) is 6.36.